The molecule has 1 fully saturated rings. The minimum Gasteiger partial charge on any atom is -0.372 e. The highest BCUT2D eigenvalue weighted by molar-refractivity contribution is 5.79. The van der Waals surface area contributed by atoms with Crippen LogP contribution in [-0.4, -0.2) is 25.5 Å². The Morgan fingerprint density at radius 2 is 1.88 bits per heavy atom. The molecule has 0 saturated carbocycles. The molecule has 1 saturated heterocycles. The third kappa shape index (κ3) is 2.60. The van der Waals surface area contributed by atoms with Crippen LogP contribution in [0.5, 0.6) is 0 Å². The highest BCUT2D eigenvalue weighted by atomic mass is 16.1. The van der Waals surface area contributed by atoms with Crippen molar-refractivity contribution in [1.82, 2.24) is 5.32 Å². The Morgan fingerprint density at radius 1 is 1.24 bits per heavy atom. The minimum atomic E-state index is 0.169. The smallest absolute Gasteiger partial charge is 0.220 e. The summed E-state index contributed by atoms with van der Waals surface area (Å²) in [6.45, 7) is 7.16. The van der Waals surface area contributed by atoms with Crippen molar-refractivity contribution in [2.45, 2.75) is 26.2 Å². The van der Waals surface area contributed by atoms with Crippen molar-refractivity contribution in [3.8, 4) is 0 Å². The molecule has 0 spiro atoms. The van der Waals surface area contributed by atoms with Crippen LogP contribution in [0.25, 0.3) is 0 Å². The summed E-state index contributed by atoms with van der Waals surface area (Å²) in [6, 6.07) is 8.62. The van der Waals surface area contributed by atoms with Gasteiger partial charge in [-0.25, -0.2) is 0 Å². The first kappa shape index (κ1) is 12.0. The molecule has 0 aliphatic carbocycles. The number of carbonyl (C=O) groups is 1. The van der Waals surface area contributed by atoms with E-state index >= 15 is 0 Å². The molecule has 17 heavy (non-hydrogen) atoms. The largest absolute Gasteiger partial charge is 0.372 e. The molecule has 92 valence electrons. The fourth-order valence-electron chi connectivity index (χ4n) is 2.39. The van der Waals surface area contributed by atoms with Gasteiger partial charge in [0, 0.05) is 37.7 Å². The van der Waals surface area contributed by atoms with Gasteiger partial charge >= 0.3 is 0 Å². The first-order valence-corrected chi connectivity index (χ1v) is 6.36. The third-order valence-electron chi connectivity index (χ3n) is 3.47. The number of hydrogen-bond acceptors (Lipinski definition) is 2. The van der Waals surface area contributed by atoms with E-state index in [1.54, 1.807) is 0 Å². The molecule has 3 heteroatoms. The van der Waals surface area contributed by atoms with Gasteiger partial charge in [-0.05, 0) is 31.5 Å². The number of nitrogens with one attached hydrogen (secondary N) is 1. The van der Waals surface area contributed by atoms with Crippen molar-refractivity contribution >= 4 is 11.6 Å². The Morgan fingerprint density at radius 3 is 2.35 bits per heavy atom. The van der Waals surface area contributed by atoms with Gasteiger partial charge < -0.3 is 10.2 Å². The summed E-state index contributed by atoms with van der Waals surface area (Å²) in [7, 11) is 0. The maximum Gasteiger partial charge on any atom is 0.220 e. The summed E-state index contributed by atoms with van der Waals surface area (Å²) in [5.74, 6) is 0.524. The van der Waals surface area contributed by atoms with Crippen molar-refractivity contribution < 1.29 is 4.79 Å². The minimum absolute atomic E-state index is 0.169. The Balaban J connectivity index is 2.10. The zero-order valence-corrected chi connectivity index (χ0v) is 10.6. The molecule has 1 amide bonds. The molecule has 1 aliphatic rings. The molecule has 2 rings (SSSR count). The number of anilines is 1. The Labute approximate surface area is 103 Å². The fourth-order valence-corrected chi connectivity index (χ4v) is 2.39. The van der Waals surface area contributed by atoms with Gasteiger partial charge in [-0.1, -0.05) is 12.1 Å². The zero-order valence-electron chi connectivity index (χ0n) is 10.6. The number of hydrogen-bond donors (Lipinski definition) is 1. The van der Waals surface area contributed by atoms with Crippen molar-refractivity contribution in [3.63, 3.8) is 0 Å². The number of benzene rings is 1. The van der Waals surface area contributed by atoms with Gasteiger partial charge in [0.25, 0.3) is 0 Å². The molecule has 1 aromatic carbocycles. The van der Waals surface area contributed by atoms with Crippen molar-refractivity contribution in [2.24, 2.45) is 0 Å². The van der Waals surface area contributed by atoms with Crippen LogP contribution in [0, 0.1) is 0 Å². The van der Waals surface area contributed by atoms with Gasteiger partial charge in [-0.3, -0.25) is 4.79 Å². The van der Waals surface area contributed by atoms with E-state index in [9.17, 15) is 4.79 Å². The predicted octanol–water partition coefficient (Wildman–Crippen LogP) is 2.14. The average molecular weight is 232 g/mol. The predicted molar refractivity (Wildman–Crippen MR) is 70.4 cm³/mol. The maximum absolute atomic E-state index is 11.2. The lowest BCUT2D eigenvalue weighted by molar-refractivity contribution is -0.119. The summed E-state index contributed by atoms with van der Waals surface area (Å²) in [5, 5.41) is 2.88. The number of nitrogens with zero attached hydrogens (tertiary/aromatic N) is 1. The van der Waals surface area contributed by atoms with E-state index < -0.39 is 0 Å². The highest BCUT2D eigenvalue weighted by Crippen LogP contribution is 2.25. The number of carbonyl (C=O) groups excluding carboxylic acids is 1. The summed E-state index contributed by atoms with van der Waals surface area (Å²) < 4.78 is 0. The van der Waals surface area contributed by atoms with Crippen molar-refractivity contribution in [2.75, 3.05) is 24.5 Å². The van der Waals surface area contributed by atoms with E-state index in [2.05, 4.69) is 48.3 Å². The standard InChI is InChI=1S/C14H20N2O/c1-3-16(4-2)13-7-5-11(6-8-13)12-9-14(17)15-10-12/h5-8,12H,3-4,9-10H2,1-2H3,(H,15,17). The van der Waals surface area contributed by atoms with Crippen molar-refractivity contribution in [3.05, 3.63) is 29.8 Å². The quantitative estimate of drug-likeness (QED) is 0.862. The van der Waals surface area contributed by atoms with Crippen LogP contribution < -0.4 is 10.2 Å². The number of amides is 1. The fraction of sp³-hybridized carbons (Fsp3) is 0.500. The molecule has 0 aromatic heterocycles. The zero-order chi connectivity index (χ0) is 12.3. The van der Waals surface area contributed by atoms with E-state index in [0.717, 1.165) is 19.6 Å². The van der Waals surface area contributed by atoms with Crippen molar-refractivity contribution in [1.29, 1.82) is 0 Å². The van der Waals surface area contributed by atoms with Crippen LogP contribution in [0.15, 0.2) is 24.3 Å². The SMILES string of the molecule is CCN(CC)c1ccc(C2CNC(=O)C2)cc1. The lowest BCUT2D eigenvalue weighted by Gasteiger charge is -2.21. The normalized spacial score (nSPS) is 19.2. The molecular weight excluding hydrogens is 212 g/mol. The van der Waals surface area contributed by atoms with E-state index in [4.69, 9.17) is 0 Å². The van der Waals surface area contributed by atoms with Gasteiger partial charge in [0.1, 0.15) is 0 Å². The van der Waals surface area contributed by atoms with E-state index in [1.165, 1.54) is 11.3 Å². The van der Waals surface area contributed by atoms with E-state index in [-0.39, 0.29) is 5.91 Å². The molecule has 0 bridgehead atoms. The molecule has 1 heterocycles. The summed E-state index contributed by atoms with van der Waals surface area (Å²) >= 11 is 0. The van der Waals surface area contributed by atoms with Gasteiger partial charge in [0.2, 0.25) is 5.91 Å². The lowest BCUT2D eigenvalue weighted by atomic mass is 9.98. The summed E-state index contributed by atoms with van der Waals surface area (Å²) in [6.07, 6.45) is 0.630. The monoisotopic (exact) mass is 232 g/mol. The third-order valence-corrected chi connectivity index (χ3v) is 3.47. The Hall–Kier alpha value is -1.51. The second-order valence-corrected chi connectivity index (χ2v) is 4.47. The maximum atomic E-state index is 11.2. The molecule has 1 N–H and O–H groups in total. The molecule has 1 aromatic rings. The Bertz CT molecular complexity index is 382. The molecule has 1 unspecified atom stereocenters. The highest BCUT2D eigenvalue weighted by Gasteiger charge is 2.22. The van der Waals surface area contributed by atoms with Gasteiger partial charge in [-0.15, -0.1) is 0 Å². The van der Waals surface area contributed by atoms with Crippen LogP contribution in [0.1, 0.15) is 31.7 Å². The first-order valence-electron chi connectivity index (χ1n) is 6.36. The first-order chi connectivity index (χ1) is 8.24. The second kappa shape index (κ2) is 5.21. The van der Waals surface area contributed by atoms with Crippen LogP contribution in [-0.2, 0) is 4.79 Å². The van der Waals surface area contributed by atoms with E-state index in [1.807, 2.05) is 0 Å². The van der Waals surface area contributed by atoms with Gasteiger partial charge in [0.05, 0.1) is 0 Å². The number of rotatable bonds is 4. The topological polar surface area (TPSA) is 32.3 Å². The van der Waals surface area contributed by atoms with Crippen LogP contribution in [0.4, 0.5) is 5.69 Å². The average Bonchev–Trinajstić information content (AvgIpc) is 2.78. The van der Waals surface area contributed by atoms with Crippen LogP contribution >= 0.6 is 0 Å². The summed E-state index contributed by atoms with van der Waals surface area (Å²) in [5.41, 5.74) is 2.52. The van der Waals surface area contributed by atoms with Crippen LogP contribution in [0.3, 0.4) is 0 Å². The Kier molecular flexibility index (Phi) is 3.67. The molecule has 1 aliphatic heterocycles. The molecular formula is C14H20N2O. The lowest BCUT2D eigenvalue weighted by Crippen LogP contribution is -2.21. The van der Waals surface area contributed by atoms with E-state index in [0.29, 0.717) is 12.3 Å². The van der Waals surface area contributed by atoms with Crippen LogP contribution in [0.2, 0.25) is 0 Å². The molecule has 3 nitrogen and oxygen atoms in total. The summed E-state index contributed by atoms with van der Waals surface area (Å²) in [4.78, 5) is 13.5. The van der Waals surface area contributed by atoms with Gasteiger partial charge in [0.15, 0.2) is 0 Å². The molecule has 0 radical (unpaired) electrons. The molecule has 1 atom stereocenters. The second-order valence-electron chi connectivity index (χ2n) is 4.47. The van der Waals surface area contributed by atoms with Gasteiger partial charge in [-0.2, -0.15) is 0 Å².